The molecular weight excluding hydrogens is 793 g/mol. The van der Waals surface area contributed by atoms with Gasteiger partial charge in [-0.3, -0.25) is 4.79 Å². The van der Waals surface area contributed by atoms with Crippen molar-refractivity contribution >= 4 is 56.1 Å². The molecule has 0 spiro atoms. The third kappa shape index (κ3) is 6.08. The second-order valence-electron chi connectivity index (χ2n) is 18.5. The molecule has 1 aliphatic heterocycles. The molecule has 0 radical (unpaired) electrons. The Kier molecular flexibility index (Phi) is 8.66. The van der Waals surface area contributed by atoms with Crippen molar-refractivity contribution in [3.8, 4) is 33.4 Å². The molecule has 0 saturated carbocycles. The van der Waals surface area contributed by atoms with Crippen molar-refractivity contribution in [1.29, 1.82) is 0 Å². The molecule has 0 amide bonds. The Balaban J connectivity index is 1.05. The summed E-state index contributed by atoms with van der Waals surface area (Å²) in [5.41, 5.74) is 19.3. The van der Waals surface area contributed by atoms with Crippen molar-refractivity contribution in [2.75, 3.05) is 9.80 Å². The van der Waals surface area contributed by atoms with Crippen molar-refractivity contribution in [3.05, 3.63) is 239 Å². The normalized spacial score (nSPS) is 14.1. The van der Waals surface area contributed by atoms with Crippen LogP contribution in [0.2, 0.25) is 0 Å². The first-order valence-electron chi connectivity index (χ1n) is 22.5. The highest BCUT2D eigenvalue weighted by atomic mass is 16.3. The largest absolute Gasteiger partial charge is 0.456 e. The first-order valence-corrected chi connectivity index (χ1v) is 22.5. The van der Waals surface area contributed by atoms with Crippen LogP contribution < -0.4 is 15.2 Å². The minimum absolute atomic E-state index is 0.0270. The quantitative estimate of drug-likeness (QED) is 0.156. The molecule has 1 aliphatic carbocycles. The zero-order chi connectivity index (χ0) is 44.0. The second kappa shape index (κ2) is 14.5. The molecule has 2 heterocycles. The van der Waals surface area contributed by atoms with E-state index in [-0.39, 0.29) is 10.8 Å². The van der Waals surface area contributed by atoms with E-state index in [4.69, 9.17) is 4.42 Å². The Bertz CT molecular complexity index is 3590. The number of fused-ring (bicyclic) bond motifs is 7. The van der Waals surface area contributed by atoms with E-state index in [1.165, 1.54) is 44.5 Å². The molecule has 10 aromatic rings. The van der Waals surface area contributed by atoms with Gasteiger partial charge in [0.2, 0.25) is 5.43 Å². The predicted octanol–water partition coefficient (Wildman–Crippen LogP) is 16.2. The molecule has 0 fully saturated rings. The average Bonchev–Trinajstić information content (AvgIpc) is 3.57. The molecule has 0 atom stereocenters. The minimum Gasteiger partial charge on any atom is -0.456 e. The van der Waals surface area contributed by atoms with Crippen LogP contribution in [0.25, 0.3) is 55.3 Å². The van der Waals surface area contributed by atoms with Crippen molar-refractivity contribution in [2.24, 2.45) is 0 Å². The molecular formula is C61H46N2O2. The van der Waals surface area contributed by atoms with E-state index in [0.717, 1.165) is 45.3 Å². The number of rotatable bonds is 6. The van der Waals surface area contributed by atoms with E-state index in [1.54, 1.807) is 0 Å². The van der Waals surface area contributed by atoms with E-state index >= 15 is 0 Å². The standard InChI is InChI=1S/C61H46N2O2/c1-60(2)51-24-13-11-22-47(51)48-30-27-44(36-52(48)60)62(43-20-9-6-10-21-43)45-29-33-56-54(37-45)61(3,4)53-35-42(41-19-15-18-40(34-41)39-16-7-5-8-17-39)26-32-55(53)63(56)46-28-31-50-58(38-46)65-57-25-14-12-23-49(57)59(50)64/h5-38H,1-4H3. The van der Waals surface area contributed by atoms with Crippen molar-refractivity contribution < 1.29 is 4.42 Å². The van der Waals surface area contributed by atoms with Crippen LogP contribution in [-0.2, 0) is 10.8 Å². The molecule has 0 unspecified atom stereocenters. The van der Waals surface area contributed by atoms with Gasteiger partial charge in [0.15, 0.2) is 0 Å². The third-order valence-corrected chi connectivity index (χ3v) is 14.0. The Morgan fingerprint density at radius 3 is 1.77 bits per heavy atom. The van der Waals surface area contributed by atoms with Crippen LogP contribution in [0.15, 0.2) is 215 Å². The second-order valence-corrected chi connectivity index (χ2v) is 18.5. The van der Waals surface area contributed by atoms with Gasteiger partial charge in [0.1, 0.15) is 11.2 Å². The molecule has 9 aromatic carbocycles. The lowest BCUT2D eigenvalue weighted by Gasteiger charge is -2.43. The monoisotopic (exact) mass is 838 g/mol. The first kappa shape index (κ1) is 38.7. The highest BCUT2D eigenvalue weighted by molar-refractivity contribution is 5.96. The fourth-order valence-corrected chi connectivity index (χ4v) is 10.6. The molecule has 1 aromatic heterocycles. The first-order chi connectivity index (χ1) is 31.6. The number of hydrogen-bond acceptors (Lipinski definition) is 4. The van der Waals surface area contributed by atoms with E-state index in [9.17, 15) is 4.79 Å². The van der Waals surface area contributed by atoms with Crippen LogP contribution in [0.3, 0.4) is 0 Å². The predicted molar refractivity (Wildman–Crippen MR) is 270 cm³/mol. The lowest BCUT2D eigenvalue weighted by molar-refractivity contribution is 0.632. The lowest BCUT2D eigenvalue weighted by Crippen LogP contribution is -2.31. The van der Waals surface area contributed by atoms with Crippen LogP contribution in [0.5, 0.6) is 0 Å². The molecule has 65 heavy (non-hydrogen) atoms. The summed E-state index contributed by atoms with van der Waals surface area (Å²) in [5.74, 6) is 0. The summed E-state index contributed by atoms with van der Waals surface area (Å²) in [6, 6.07) is 73.2. The smallest absolute Gasteiger partial charge is 0.200 e. The van der Waals surface area contributed by atoms with Crippen LogP contribution in [0, 0.1) is 0 Å². The number of para-hydroxylation sites is 2. The maximum atomic E-state index is 13.8. The van der Waals surface area contributed by atoms with Crippen LogP contribution in [-0.4, -0.2) is 0 Å². The summed E-state index contributed by atoms with van der Waals surface area (Å²) in [5, 5.41) is 1.15. The van der Waals surface area contributed by atoms with Gasteiger partial charge < -0.3 is 14.2 Å². The summed E-state index contributed by atoms with van der Waals surface area (Å²) in [6.45, 7) is 9.38. The topological polar surface area (TPSA) is 36.7 Å². The highest BCUT2D eigenvalue weighted by Crippen LogP contribution is 2.55. The molecule has 2 aliphatic rings. The maximum Gasteiger partial charge on any atom is 0.200 e. The highest BCUT2D eigenvalue weighted by Gasteiger charge is 2.39. The summed E-state index contributed by atoms with van der Waals surface area (Å²) < 4.78 is 6.48. The van der Waals surface area contributed by atoms with Gasteiger partial charge in [-0.1, -0.05) is 143 Å². The molecule has 312 valence electrons. The molecule has 4 nitrogen and oxygen atoms in total. The van der Waals surface area contributed by atoms with Gasteiger partial charge in [0.25, 0.3) is 0 Å². The SMILES string of the molecule is CC1(C)c2ccccc2-c2ccc(N(c3ccccc3)c3ccc4c(c3)C(C)(C)c3cc(-c5cccc(-c6ccccc6)c5)ccc3N4c3ccc4c(=O)c5ccccc5oc4c3)cc21. The van der Waals surface area contributed by atoms with Crippen LogP contribution in [0.4, 0.5) is 34.1 Å². The molecule has 0 saturated heterocycles. The number of hydrogen-bond donors (Lipinski definition) is 0. The molecule has 0 bridgehead atoms. The van der Waals surface area contributed by atoms with Gasteiger partial charge in [-0.05, 0) is 141 Å². The van der Waals surface area contributed by atoms with Crippen LogP contribution in [0.1, 0.15) is 49.9 Å². The van der Waals surface area contributed by atoms with E-state index in [2.05, 4.69) is 207 Å². The molecule has 12 rings (SSSR count). The Morgan fingerprint density at radius 2 is 0.969 bits per heavy atom. The Hall–Kier alpha value is -7.95. The zero-order valence-electron chi connectivity index (χ0n) is 36.8. The number of benzene rings is 9. The van der Waals surface area contributed by atoms with Crippen LogP contribution >= 0.6 is 0 Å². The number of anilines is 6. The van der Waals surface area contributed by atoms with E-state index in [0.29, 0.717) is 21.9 Å². The summed E-state index contributed by atoms with van der Waals surface area (Å²) in [6.07, 6.45) is 0. The van der Waals surface area contributed by atoms with Crippen molar-refractivity contribution in [3.63, 3.8) is 0 Å². The van der Waals surface area contributed by atoms with E-state index < -0.39 is 5.41 Å². The van der Waals surface area contributed by atoms with Gasteiger partial charge >= 0.3 is 0 Å². The minimum atomic E-state index is -0.423. The Labute approximate surface area is 379 Å². The number of nitrogens with zero attached hydrogens (tertiary/aromatic N) is 2. The fourth-order valence-electron chi connectivity index (χ4n) is 10.6. The Morgan fingerprint density at radius 1 is 0.400 bits per heavy atom. The molecule has 4 heteroatoms. The van der Waals surface area contributed by atoms with Crippen molar-refractivity contribution in [2.45, 2.75) is 38.5 Å². The maximum absolute atomic E-state index is 13.8. The molecule has 0 N–H and O–H groups in total. The van der Waals surface area contributed by atoms with Gasteiger partial charge in [-0.15, -0.1) is 0 Å². The third-order valence-electron chi connectivity index (χ3n) is 14.0. The summed E-state index contributed by atoms with van der Waals surface area (Å²) in [7, 11) is 0. The summed E-state index contributed by atoms with van der Waals surface area (Å²) >= 11 is 0. The van der Waals surface area contributed by atoms with Crippen molar-refractivity contribution in [1.82, 2.24) is 0 Å². The zero-order valence-corrected chi connectivity index (χ0v) is 36.8. The van der Waals surface area contributed by atoms with Gasteiger partial charge in [0.05, 0.1) is 22.1 Å². The van der Waals surface area contributed by atoms with Gasteiger partial charge in [0, 0.05) is 39.6 Å². The van der Waals surface area contributed by atoms with Gasteiger partial charge in [-0.25, -0.2) is 0 Å². The van der Waals surface area contributed by atoms with E-state index in [1.807, 2.05) is 36.4 Å². The van der Waals surface area contributed by atoms with Gasteiger partial charge in [-0.2, -0.15) is 0 Å². The summed E-state index contributed by atoms with van der Waals surface area (Å²) in [4.78, 5) is 18.5. The lowest BCUT2D eigenvalue weighted by atomic mass is 9.72. The fraction of sp³-hybridized carbons (Fsp3) is 0.0984. The average molecular weight is 839 g/mol.